The van der Waals surface area contributed by atoms with Crippen LogP contribution in [0.5, 0.6) is 0 Å². The number of nitrogens with zero attached hydrogens (tertiary/aromatic N) is 2. The predicted octanol–water partition coefficient (Wildman–Crippen LogP) is 4.24. The van der Waals surface area contributed by atoms with Gasteiger partial charge in [0.2, 0.25) is 0 Å². The molecule has 1 N–H and O–H groups in total. The number of halogens is 1. The van der Waals surface area contributed by atoms with Crippen molar-refractivity contribution in [3.05, 3.63) is 11.6 Å². The summed E-state index contributed by atoms with van der Waals surface area (Å²) >= 11 is 0. The predicted molar refractivity (Wildman–Crippen MR) is 184 cm³/mol. The highest BCUT2D eigenvalue weighted by atomic mass is 127. The Labute approximate surface area is 303 Å². The minimum Gasteiger partial charge on any atom is -1.00 e. The number of carboxylic acid groups (broad SMARTS) is 1. The SMILES string of the molecule is CC(C)CCC[C@@H](C)[C@H]1CCC2C3CC=C4C[C@@H](OC(=O)C(=O)CC(=O)O)C(CCN(C)CC[N+](C)(C)C)C[C@]4(C)C3CC[C@@]21C.[I-]. The van der Waals surface area contributed by atoms with Gasteiger partial charge in [-0.05, 0) is 111 Å². The van der Waals surface area contributed by atoms with E-state index in [1.807, 2.05) is 0 Å². The molecule has 0 aromatic rings. The van der Waals surface area contributed by atoms with E-state index in [0.717, 1.165) is 67.1 Å². The molecule has 47 heavy (non-hydrogen) atoms. The average Bonchev–Trinajstić information content (AvgIpc) is 3.31. The number of ether oxygens (including phenoxy) is 1. The van der Waals surface area contributed by atoms with Crippen LogP contribution in [0.4, 0.5) is 0 Å². The monoisotopic (exact) mass is 770 g/mol. The number of carbonyl (C=O) groups is 3. The summed E-state index contributed by atoms with van der Waals surface area (Å²) < 4.78 is 6.81. The second-order valence-electron chi connectivity index (χ2n) is 18.0. The Morgan fingerprint density at radius 3 is 2.38 bits per heavy atom. The van der Waals surface area contributed by atoms with Gasteiger partial charge in [-0.15, -0.1) is 0 Å². The third-order valence-electron chi connectivity index (χ3n) is 13.3. The number of carbonyl (C=O) groups excluding carboxylic acids is 2. The lowest BCUT2D eigenvalue weighted by Crippen LogP contribution is -3.00. The number of hydrogen-bond acceptors (Lipinski definition) is 5. The number of ketones is 1. The van der Waals surface area contributed by atoms with E-state index >= 15 is 0 Å². The first-order valence-corrected chi connectivity index (χ1v) is 18.6. The fourth-order valence-corrected chi connectivity index (χ4v) is 10.6. The number of esters is 1. The highest BCUT2D eigenvalue weighted by Crippen LogP contribution is 2.68. The third kappa shape index (κ3) is 9.62. The van der Waals surface area contributed by atoms with Gasteiger partial charge in [0.05, 0.1) is 27.7 Å². The van der Waals surface area contributed by atoms with Gasteiger partial charge in [-0.2, -0.15) is 0 Å². The normalized spacial score (nSPS) is 34.1. The lowest BCUT2D eigenvalue weighted by molar-refractivity contribution is -0.869. The van der Waals surface area contributed by atoms with Gasteiger partial charge in [0.15, 0.2) is 0 Å². The summed E-state index contributed by atoms with van der Waals surface area (Å²) in [5.74, 6) is 1.45. The van der Waals surface area contributed by atoms with Gasteiger partial charge in [0, 0.05) is 13.0 Å². The molecule has 9 atom stereocenters. The number of hydrogen-bond donors (Lipinski definition) is 1. The van der Waals surface area contributed by atoms with E-state index in [0.29, 0.717) is 23.7 Å². The Bertz CT molecular complexity index is 1130. The van der Waals surface area contributed by atoms with E-state index in [9.17, 15) is 14.4 Å². The van der Waals surface area contributed by atoms with Gasteiger partial charge in [0.1, 0.15) is 12.5 Å². The first-order valence-electron chi connectivity index (χ1n) is 18.6. The molecular formula is C39H67IN2O5. The van der Waals surface area contributed by atoms with Crippen LogP contribution < -0.4 is 24.0 Å². The van der Waals surface area contributed by atoms with Crippen LogP contribution >= 0.6 is 0 Å². The van der Waals surface area contributed by atoms with E-state index in [1.54, 1.807) is 0 Å². The molecule has 0 radical (unpaired) electrons. The molecule has 8 heteroatoms. The molecule has 7 nitrogen and oxygen atoms in total. The van der Waals surface area contributed by atoms with E-state index in [1.165, 1.54) is 50.5 Å². The first-order chi connectivity index (χ1) is 21.4. The summed E-state index contributed by atoms with van der Waals surface area (Å²) in [5, 5.41) is 9.08. The number of allylic oxidation sites excluding steroid dienone is 1. The third-order valence-corrected chi connectivity index (χ3v) is 13.3. The molecular weight excluding hydrogens is 703 g/mol. The fourth-order valence-electron chi connectivity index (χ4n) is 10.6. The van der Waals surface area contributed by atoms with Crippen LogP contribution in [-0.4, -0.2) is 86.1 Å². The number of aliphatic carboxylic acids is 1. The second-order valence-corrected chi connectivity index (χ2v) is 18.0. The topological polar surface area (TPSA) is 83.9 Å². The molecule has 4 aliphatic carbocycles. The van der Waals surface area contributed by atoms with E-state index in [-0.39, 0.29) is 41.4 Å². The zero-order valence-corrected chi connectivity index (χ0v) is 33.3. The lowest BCUT2D eigenvalue weighted by atomic mass is 9.46. The standard InChI is InChI=1S/C39H66N2O5.HI/c1-26(2)11-10-12-27(3)31-15-16-32-30-14-13-29-23-35(46-37(45)34(42)24-36(43)44)28(18-20-40(6)21-22-41(7,8)9)25-39(29,5)33(30)17-19-38(31,32)4;/h13,26-28,30-33,35H,10-12,14-25H2,1-9H3;1H/t27-,28?,30?,31-,32?,33?,35-,38-,39+;/m1./s1. The smallest absolute Gasteiger partial charge is 0.375 e. The molecule has 3 saturated carbocycles. The summed E-state index contributed by atoms with van der Waals surface area (Å²) in [5.41, 5.74) is 1.92. The highest BCUT2D eigenvalue weighted by molar-refractivity contribution is 6.36. The number of likely N-dealkylation sites (N-methyl/N-ethyl adjacent to an activating group) is 2. The van der Waals surface area contributed by atoms with Gasteiger partial charge < -0.3 is 43.2 Å². The van der Waals surface area contributed by atoms with Crippen molar-refractivity contribution in [1.82, 2.24) is 4.90 Å². The van der Waals surface area contributed by atoms with Crippen molar-refractivity contribution in [3.63, 3.8) is 0 Å². The second kappa shape index (κ2) is 16.3. The van der Waals surface area contributed by atoms with Crippen LogP contribution in [-0.2, 0) is 19.1 Å². The van der Waals surface area contributed by atoms with E-state index < -0.39 is 24.1 Å². The Kier molecular flexibility index (Phi) is 14.1. The van der Waals surface area contributed by atoms with Crippen LogP contribution in [0.3, 0.4) is 0 Å². The molecule has 0 amide bonds. The van der Waals surface area contributed by atoms with Gasteiger partial charge >= 0.3 is 11.9 Å². The van der Waals surface area contributed by atoms with Crippen molar-refractivity contribution in [2.45, 2.75) is 118 Å². The average molecular weight is 771 g/mol. The van der Waals surface area contributed by atoms with Crippen LogP contribution in [0.15, 0.2) is 11.6 Å². The van der Waals surface area contributed by atoms with E-state index in [2.05, 4.69) is 73.8 Å². The molecule has 4 unspecified atom stereocenters. The summed E-state index contributed by atoms with van der Waals surface area (Å²) in [4.78, 5) is 38.6. The number of Topliss-reactive ketones (excluding diaryl/α,β-unsaturated/α-hetero) is 1. The molecule has 0 aliphatic heterocycles. The Balaban J connectivity index is 0.00000600. The molecule has 4 rings (SSSR count). The molecule has 0 aromatic carbocycles. The minimum atomic E-state index is -1.29. The van der Waals surface area contributed by atoms with Crippen LogP contribution in [0.25, 0.3) is 0 Å². The molecule has 3 fully saturated rings. The van der Waals surface area contributed by atoms with Crippen LogP contribution in [0.2, 0.25) is 0 Å². The minimum absolute atomic E-state index is 0. The van der Waals surface area contributed by atoms with E-state index in [4.69, 9.17) is 9.84 Å². The van der Waals surface area contributed by atoms with Crippen molar-refractivity contribution in [3.8, 4) is 0 Å². The quantitative estimate of drug-likeness (QED) is 0.0671. The molecule has 0 saturated heterocycles. The first kappa shape index (κ1) is 40.4. The zero-order valence-electron chi connectivity index (χ0n) is 31.2. The zero-order chi connectivity index (χ0) is 34.0. The van der Waals surface area contributed by atoms with Crippen molar-refractivity contribution in [2.75, 3.05) is 47.8 Å². The van der Waals surface area contributed by atoms with Crippen molar-refractivity contribution >= 4 is 17.7 Å². The lowest BCUT2D eigenvalue weighted by Gasteiger charge is -2.59. The van der Waals surface area contributed by atoms with Gasteiger partial charge in [-0.1, -0.05) is 65.5 Å². The van der Waals surface area contributed by atoms with Crippen LogP contribution in [0, 0.1) is 52.3 Å². The molecule has 0 heterocycles. The molecule has 0 aromatic heterocycles. The Morgan fingerprint density at radius 2 is 1.74 bits per heavy atom. The summed E-state index contributed by atoms with van der Waals surface area (Å²) in [7, 11) is 8.80. The Morgan fingerprint density at radius 1 is 1.04 bits per heavy atom. The molecule has 4 aliphatic rings. The largest absolute Gasteiger partial charge is 1.00 e. The van der Waals surface area contributed by atoms with Gasteiger partial charge in [-0.25, -0.2) is 4.79 Å². The van der Waals surface area contributed by atoms with Crippen molar-refractivity contribution < 1.29 is 52.7 Å². The van der Waals surface area contributed by atoms with Crippen molar-refractivity contribution in [1.29, 1.82) is 0 Å². The highest BCUT2D eigenvalue weighted by Gasteiger charge is 2.60. The maximum absolute atomic E-state index is 12.8. The summed E-state index contributed by atoms with van der Waals surface area (Å²) in [6.45, 7) is 15.3. The number of fused-ring (bicyclic) bond motifs is 5. The van der Waals surface area contributed by atoms with Gasteiger partial charge in [-0.3, -0.25) is 9.59 Å². The number of quaternary nitrogens is 1. The number of rotatable bonds is 15. The Hall–Kier alpha value is -1.00. The molecule has 0 bridgehead atoms. The van der Waals surface area contributed by atoms with Gasteiger partial charge in [0.25, 0.3) is 5.78 Å². The molecule has 270 valence electrons. The fraction of sp³-hybridized carbons (Fsp3) is 0.872. The summed E-state index contributed by atoms with van der Waals surface area (Å²) in [6.07, 6.45) is 14.3. The molecule has 0 spiro atoms. The van der Waals surface area contributed by atoms with Crippen LogP contribution in [0.1, 0.15) is 112 Å². The maximum atomic E-state index is 12.8. The maximum Gasteiger partial charge on any atom is 0.375 e. The number of carboxylic acids is 1. The summed E-state index contributed by atoms with van der Waals surface area (Å²) in [6, 6.07) is 0. The van der Waals surface area contributed by atoms with Crippen molar-refractivity contribution in [2.24, 2.45) is 52.3 Å².